The number of carbonyl (C=O) groups is 2. The quantitative estimate of drug-likeness (QED) is 0.632. The summed E-state index contributed by atoms with van der Waals surface area (Å²) in [4.78, 5) is 27.8. The molecule has 2 heterocycles. The molecular weight excluding hydrogens is 444 g/mol. The van der Waals surface area contributed by atoms with E-state index >= 15 is 0 Å². The fraction of sp³-hybridized carbons (Fsp3) is 0.429. The van der Waals surface area contributed by atoms with Crippen molar-refractivity contribution in [2.45, 2.75) is 38.5 Å². The highest BCUT2D eigenvalue weighted by Gasteiger charge is 2.38. The molecule has 0 aliphatic carbocycles. The number of benzene rings is 1. The normalized spacial score (nSPS) is 17.2. The number of esters is 1. The molecule has 0 spiro atoms. The van der Waals surface area contributed by atoms with E-state index in [0.29, 0.717) is 24.2 Å². The summed E-state index contributed by atoms with van der Waals surface area (Å²) in [5.74, 6) is -4.06. The number of sulfonamides is 1. The number of nitrogens with zero attached hydrogens (tertiary/aromatic N) is 1. The number of anilines is 1. The van der Waals surface area contributed by atoms with Crippen molar-refractivity contribution in [3.05, 3.63) is 46.8 Å². The third-order valence-corrected chi connectivity index (χ3v) is 7.37. The molecular formula is C21H25F2N3O5S. The van der Waals surface area contributed by atoms with Crippen LogP contribution in [0, 0.1) is 31.4 Å². The zero-order valence-corrected chi connectivity index (χ0v) is 18.8. The van der Waals surface area contributed by atoms with Gasteiger partial charge in [0.05, 0.1) is 12.5 Å². The van der Waals surface area contributed by atoms with Crippen molar-refractivity contribution >= 4 is 27.6 Å². The van der Waals surface area contributed by atoms with Crippen LogP contribution in [-0.2, 0) is 19.6 Å². The summed E-state index contributed by atoms with van der Waals surface area (Å²) < 4.78 is 59.6. The van der Waals surface area contributed by atoms with Gasteiger partial charge in [0.15, 0.2) is 11.6 Å². The van der Waals surface area contributed by atoms with Crippen LogP contribution in [0.4, 0.5) is 14.5 Å². The fourth-order valence-corrected chi connectivity index (χ4v) is 5.79. The Hall–Kier alpha value is -2.79. The number of piperidine rings is 1. The third kappa shape index (κ3) is 4.68. The molecule has 1 atom stereocenters. The maximum absolute atomic E-state index is 13.4. The molecule has 2 aromatic rings. The average molecular weight is 470 g/mol. The number of amides is 1. The monoisotopic (exact) mass is 469 g/mol. The Morgan fingerprint density at radius 3 is 2.59 bits per heavy atom. The average Bonchev–Trinajstić information content (AvgIpc) is 3.05. The van der Waals surface area contributed by atoms with Crippen molar-refractivity contribution in [3.63, 3.8) is 0 Å². The van der Waals surface area contributed by atoms with Gasteiger partial charge in [0, 0.05) is 36.2 Å². The topological polar surface area (TPSA) is 109 Å². The summed E-state index contributed by atoms with van der Waals surface area (Å²) in [6, 6.07) is 2.99. The van der Waals surface area contributed by atoms with E-state index in [1.54, 1.807) is 20.8 Å². The number of ether oxygens (including phenoxy) is 1. The number of hydrogen-bond donors (Lipinski definition) is 2. The van der Waals surface area contributed by atoms with Crippen molar-refractivity contribution in [3.8, 4) is 0 Å². The van der Waals surface area contributed by atoms with E-state index in [-0.39, 0.29) is 35.8 Å². The summed E-state index contributed by atoms with van der Waals surface area (Å²) in [6.45, 7) is 4.94. The van der Waals surface area contributed by atoms with E-state index in [1.165, 1.54) is 10.4 Å². The molecule has 2 N–H and O–H groups in total. The standard InChI is InChI=1S/C21H25F2N3O5S/c1-4-31-21(28)18-12(2)24-13(3)19(18)32(29,30)26-9-5-6-14(11-26)20(27)25-15-7-8-16(22)17(23)10-15/h7-8,10,14,24H,4-6,9,11H2,1-3H3,(H,25,27). The van der Waals surface area contributed by atoms with Gasteiger partial charge >= 0.3 is 5.97 Å². The first-order valence-electron chi connectivity index (χ1n) is 10.2. The van der Waals surface area contributed by atoms with Crippen molar-refractivity contribution in [2.24, 2.45) is 5.92 Å². The van der Waals surface area contributed by atoms with E-state index in [1.807, 2.05) is 0 Å². The Morgan fingerprint density at radius 1 is 1.22 bits per heavy atom. The molecule has 1 unspecified atom stereocenters. The number of aromatic nitrogens is 1. The minimum atomic E-state index is -4.11. The smallest absolute Gasteiger partial charge is 0.341 e. The first kappa shape index (κ1) is 23.9. The number of nitrogens with one attached hydrogen (secondary N) is 2. The van der Waals surface area contributed by atoms with E-state index < -0.39 is 39.5 Å². The van der Waals surface area contributed by atoms with Gasteiger partial charge in [-0.3, -0.25) is 4.79 Å². The minimum absolute atomic E-state index is 0.0438. The highest BCUT2D eigenvalue weighted by molar-refractivity contribution is 7.89. The lowest BCUT2D eigenvalue weighted by atomic mass is 9.98. The maximum atomic E-state index is 13.4. The zero-order chi connectivity index (χ0) is 23.6. The first-order valence-corrected chi connectivity index (χ1v) is 11.6. The predicted molar refractivity (Wildman–Crippen MR) is 113 cm³/mol. The summed E-state index contributed by atoms with van der Waals surface area (Å²) in [5.41, 5.74) is 0.719. The Morgan fingerprint density at radius 2 is 1.94 bits per heavy atom. The second-order valence-corrected chi connectivity index (χ2v) is 9.49. The van der Waals surface area contributed by atoms with Crippen LogP contribution in [0.5, 0.6) is 0 Å². The molecule has 1 fully saturated rings. The van der Waals surface area contributed by atoms with Crippen LogP contribution in [0.3, 0.4) is 0 Å². The van der Waals surface area contributed by atoms with Gasteiger partial charge in [0.2, 0.25) is 15.9 Å². The van der Waals surface area contributed by atoms with E-state index in [4.69, 9.17) is 4.74 Å². The Balaban J connectivity index is 1.83. The minimum Gasteiger partial charge on any atom is -0.462 e. The second kappa shape index (κ2) is 9.37. The van der Waals surface area contributed by atoms with Crippen LogP contribution in [0.2, 0.25) is 0 Å². The molecule has 1 amide bonds. The summed E-state index contributed by atoms with van der Waals surface area (Å²) in [5, 5.41) is 2.51. The lowest BCUT2D eigenvalue weighted by Gasteiger charge is -2.31. The Labute approximate surface area is 185 Å². The molecule has 3 rings (SSSR count). The van der Waals surface area contributed by atoms with Crippen LogP contribution in [0.15, 0.2) is 23.1 Å². The fourth-order valence-electron chi connectivity index (χ4n) is 3.85. The maximum Gasteiger partial charge on any atom is 0.341 e. The van der Waals surface area contributed by atoms with Crippen molar-refractivity contribution < 1.29 is 31.5 Å². The van der Waals surface area contributed by atoms with Crippen LogP contribution >= 0.6 is 0 Å². The molecule has 1 aromatic heterocycles. The highest BCUT2D eigenvalue weighted by atomic mass is 32.2. The van der Waals surface area contributed by atoms with Crippen molar-refractivity contribution in [2.75, 3.05) is 25.0 Å². The van der Waals surface area contributed by atoms with Gasteiger partial charge in [0.1, 0.15) is 10.5 Å². The van der Waals surface area contributed by atoms with Gasteiger partial charge < -0.3 is 15.0 Å². The molecule has 1 aliphatic heterocycles. The van der Waals surface area contributed by atoms with Crippen LogP contribution in [0.1, 0.15) is 41.5 Å². The molecule has 11 heteroatoms. The van der Waals surface area contributed by atoms with Gasteiger partial charge in [-0.25, -0.2) is 22.0 Å². The first-order chi connectivity index (χ1) is 15.1. The number of H-pyrrole nitrogens is 1. The largest absolute Gasteiger partial charge is 0.462 e. The number of aromatic amines is 1. The van der Waals surface area contributed by atoms with E-state index in [9.17, 15) is 26.8 Å². The number of rotatable bonds is 6. The Kier molecular flexibility index (Phi) is 6.99. The van der Waals surface area contributed by atoms with E-state index in [0.717, 1.165) is 12.1 Å². The SMILES string of the molecule is CCOC(=O)c1c(C)[nH]c(C)c1S(=O)(=O)N1CCCC(C(=O)Nc2ccc(F)c(F)c2)C1. The second-order valence-electron chi connectivity index (χ2n) is 7.62. The number of aryl methyl sites for hydroxylation is 2. The molecule has 1 aromatic carbocycles. The van der Waals surface area contributed by atoms with Gasteiger partial charge in [-0.05, 0) is 45.7 Å². The lowest BCUT2D eigenvalue weighted by Crippen LogP contribution is -2.44. The van der Waals surface area contributed by atoms with Gasteiger partial charge in [-0.15, -0.1) is 0 Å². The van der Waals surface area contributed by atoms with Gasteiger partial charge in [0.25, 0.3) is 0 Å². The molecule has 1 aliphatic rings. The molecule has 0 saturated carbocycles. The van der Waals surface area contributed by atoms with Crippen LogP contribution in [-0.4, -0.2) is 49.3 Å². The molecule has 0 radical (unpaired) electrons. The zero-order valence-electron chi connectivity index (χ0n) is 18.0. The lowest BCUT2D eigenvalue weighted by molar-refractivity contribution is -0.120. The highest BCUT2D eigenvalue weighted by Crippen LogP contribution is 2.31. The number of halogens is 2. The van der Waals surface area contributed by atoms with Crippen LogP contribution < -0.4 is 5.32 Å². The summed E-state index contributed by atoms with van der Waals surface area (Å²) >= 11 is 0. The van der Waals surface area contributed by atoms with Gasteiger partial charge in [-0.2, -0.15) is 4.31 Å². The summed E-state index contributed by atoms with van der Waals surface area (Å²) in [6.07, 6.45) is 0.851. The molecule has 8 nitrogen and oxygen atoms in total. The van der Waals surface area contributed by atoms with E-state index in [2.05, 4.69) is 10.3 Å². The van der Waals surface area contributed by atoms with Crippen molar-refractivity contribution in [1.29, 1.82) is 0 Å². The number of hydrogen-bond acceptors (Lipinski definition) is 5. The predicted octanol–water partition coefficient (Wildman–Crippen LogP) is 3.13. The van der Waals surface area contributed by atoms with Gasteiger partial charge in [-0.1, -0.05) is 0 Å². The van der Waals surface area contributed by atoms with Crippen molar-refractivity contribution in [1.82, 2.24) is 9.29 Å². The molecule has 174 valence electrons. The third-order valence-electron chi connectivity index (χ3n) is 5.34. The van der Waals surface area contributed by atoms with Crippen LogP contribution in [0.25, 0.3) is 0 Å². The Bertz CT molecular complexity index is 1150. The number of carbonyl (C=O) groups excluding carboxylic acids is 2. The molecule has 0 bridgehead atoms. The molecule has 32 heavy (non-hydrogen) atoms. The molecule has 1 saturated heterocycles. The summed E-state index contributed by atoms with van der Waals surface area (Å²) in [7, 11) is -4.11.